The van der Waals surface area contributed by atoms with Gasteiger partial charge in [-0.3, -0.25) is 4.40 Å². The number of nitrogens with zero attached hydrogens (tertiary/aromatic N) is 3. The van der Waals surface area contributed by atoms with Crippen LogP contribution in [-0.4, -0.2) is 21.2 Å². The monoisotopic (exact) mass is 297 g/mol. The van der Waals surface area contributed by atoms with Gasteiger partial charge in [0.15, 0.2) is 5.65 Å². The fourth-order valence-corrected chi connectivity index (χ4v) is 5.87. The Bertz CT molecular complexity index is 657. The first-order valence-corrected chi connectivity index (χ1v) is 8.72. The van der Waals surface area contributed by atoms with Gasteiger partial charge in [-0.05, 0) is 80.2 Å². The van der Waals surface area contributed by atoms with Crippen LogP contribution < -0.4 is 4.74 Å². The summed E-state index contributed by atoms with van der Waals surface area (Å²) in [6.45, 7) is 0.780. The van der Waals surface area contributed by atoms with E-state index in [0.29, 0.717) is 11.4 Å². The number of hydrogen-bond donors (Lipinski definition) is 0. The highest BCUT2D eigenvalue weighted by molar-refractivity contribution is 5.38. The Morgan fingerprint density at radius 1 is 1.05 bits per heavy atom. The number of fused-ring (bicyclic) bond motifs is 1. The highest BCUT2D eigenvalue weighted by Gasteiger charge is 2.50. The van der Waals surface area contributed by atoms with Crippen molar-refractivity contribution in [3.05, 3.63) is 24.4 Å². The minimum absolute atomic E-state index is 0.579. The Labute approximate surface area is 130 Å². The van der Waals surface area contributed by atoms with Gasteiger partial charge in [0, 0.05) is 6.20 Å². The molecule has 0 aliphatic heterocycles. The van der Waals surface area contributed by atoms with E-state index in [1.807, 2.05) is 28.8 Å². The summed E-state index contributed by atoms with van der Waals surface area (Å²) in [6, 6.07) is 6.56. The summed E-state index contributed by atoms with van der Waals surface area (Å²) in [4.78, 5) is 0. The van der Waals surface area contributed by atoms with Crippen LogP contribution in [0.2, 0.25) is 0 Å². The van der Waals surface area contributed by atoms with Crippen molar-refractivity contribution in [3.63, 3.8) is 0 Å². The standard InChI is InChI=1S/C18H23N3O/c1-2-5-21-16(3-1)19-20-17(21)22-6-4-18-10-13-7-14(11-18)9-15(8-13)12-18/h1-3,5,13-15H,4,6-12H2. The van der Waals surface area contributed by atoms with E-state index < -0.39 is 0 Å². The Morgan fingerprint density at radius 3 is 2.50 bits per heavy atom. The molecule has 2 aromatic rings. The van der Waals surface area contributed by atoms with Crippen LogP contribution in [0.3, 0.4) is 0 Å². The summed E-state index contributed by atoms with van der Waals surface area (Å²) in [5.74, 6) is 3.04. The molecule has 4 aliphatic rings. The minimum Gasteiger partial charge on any atom is -0.463 e. The predicted octanol–water partition coefficient (Wildman–Crippen LogP) is 3.71. The topological polar surface area (TPSA) is 39.4 Å². The molecule has 0 atom stereocenters. The first-order chi connectivity index (χ1) is 10.8. The molecule has 4 heteroatoms. The number of ether oxygens (including phenoxy) is 1. The van der Waals surface area contributed by atoms with Gasteiger partial charge in [-0.15, -0.1) is 5.10 Å². The predicted molar refractivity (Wildman–Crippen MR) is 83.7 cm³/mol. The lowest BCUT2D eigenvalue weighted by Gasteiger charge is -2.57. The average Bonchev–Trinajstić information content (AvgIpc) is 2.89. The Kier molecular flexibility index (Phi) is 2.76. The van der Waals surface area contributed by atoms with E-state index in [0.717, 1.165) is 30.0 Å². The van der Waals surface area contributed by atoms with Crippen molar-refractivity contribution in [2.45, 2.75) is 44.9 Å². The summed E-state index contributed by atoms with van der Waals surface area (Å²) in [5.41, 5.74) is 1.43. The molecule has 4 aliphatic carbocycles. The molecule has 0 amide bonds. The van der Waals surface area contributed by atoms with Crippen molar-refractivity contribution in [3.8, 4) is 6.01 Å². The van der Waals surface area contributed by atoms with Crippen LogP contribution in [0.1, 0.15) is 44.9 Å². The van der Waals surface area contributed by atoms with Crippen LogP contribution in [0.25, 0.3) is 5.65 Å². The van der Waals surface area contributed by atoms with Crippen molar-refractivity contribution in [2.75, 3.05) is 6.61 Å². The van der Waals surface area contributed by atoms with Gasteiger partial charge in [-0.1, -0.05) is 11.2 Å². The van der Waals surface area contributed by atoms with Crippen molar-refractivity contribution < 1.29 is 4.74 Å². The van der Waals surface area contributed by atoms with E-state index in [9.17, 15) is 0 Å². The summed E-state index contributed by atoms with van der Waals surface area (Å²) >= 11 is 0. The van der Waals surface area contributed by atoms with Gasteiger partial charge in [-0.2, -0.15) is 0 Å². The van der Waals surface area contributed by atoms with Gasteiger partial charge in [0.2, 0.25) is 0 Å². The van der Waals surface area contributed by atoms with Gasteiger partial charge < -0.3 is 4.74 Å². The van der Waals surface area contributed by atoms with E-state index in [4.69, 9.17) is 4.74 Å². The Balaban J connectivity index is 1.28. The first-order valence-electron chi connectivity index (χ1n) is 8.72. The van der Waals surface area contributed by atoms with E-state index in [1.165, 1.54) is 44.9 Å². The van der Waals surface area contributed by atoms with Crippen LogP contribution in [0.15, 0.2) is 24.4 Å². The lowest BCUT2D eigenvalue weighted by molar-refractivity contribution is -0.0626. The van der Waals surface area contributed by atoms with Crippen LogP contribution >= 0.6 is 0 Å². The quantitative estimate of drug-likeness (QED) is 0.863. The molecule has 4 bridgehead atoms. The van der Waals surface area contributed by atoms with Gasteiger partial charge in [0.05, 0.1) is 6.61 Å². The molecule has 0 unspecified atom stereocenters. The summed E-state index contributed by atoms with van der Waals surface area (Å²) in [6.07, 6.45) is 12.0. The average molecular weight is 297 g/mol. The normalized spacial score (nSPS) is 36.1. The molecule has 6 rings (SSSR count). The lowest BCUT2D eigenvalue weighted by Crippen LogP contribution is -2.46. The summed E-state index contributed by atoms with van der Waals surface area (Å²) in [7, 11) is 0. The molecular formula is C18H23N3O. The number of hydrogen-bond acceptors (Lipinski definition) is 3. The van der Waals surface area contributed by atoms with Crippen LogP contribution in [0, 0.1) is 23.2 Å². The molecule has 2 aromatic heterocycles. The molecule has 0 aromatic carbocycles. The third-order valence-electron chi connectivity index (χ3n) is 6.31. The highest BCUT2D eigenvalue weighted by Crippen LogP contribution is 2.61. The van der Waals surface area contributed by atoms with Gasteiger partial charge in [-0.25, -0.2) is 0 Å². The molecule has 0 spiro atoms. The van der Waals surface area contributed by atoms with Crippen LogP contribution in [0.4, 0.5) is 0 Å². The Morgan fingerprint density at radius 2 is 1.77 bits per heavy atom. The second-order valence-electron chi connectivity index (χ2n) is 7.93. The van der Waals surface area contributed by atoms with E-state index in [2.05, 4.69) is 10.2 Å². The minimum atomic E-state index is 0.579. The van der Waals surface area contributed by atoms with Gasteiger partial charge >= 0.3 is 6.01 Å². The second kappa shape index (κ2) is 4.71. The molecule has 116 valence electrons. The third kappa shape index (κ3) is 2.03. The number of aromatic nitrogens is 3. The zero-order valence-corrected chi connectivity index (χ0v) is 12.9. The number of pyridine rings is 1. The van der Waals surface area contributed by atoms with Crippen molar-refractivity contribution in [2.24, 2.45) is 23.2 Å². The van der Waals surface area contributed by atoms with Crippen LogP contribution in [0.5, 0.6) is 6.01 Å². The molecular weight excluding hydrogens is 274 g/mol. The fraction of sp³-hybridized carbons (Fsp3) is 0.667. The van der Waals surface area contributed by atoms with E-state index in [1.54, 1.807) is 0 Å². The van der Waals surface area contributed by atoms with Gasteiger partial charge in [0.25, 0.3) is 0 Å². The maximum Gasteiger partial charge on any atom is 0.321 e. The summed E-state index contributed by atoms with van der Waals surface area (Å²) in [5, 5.41) is 8.32. The molecule has 22 heavy (non-hydrogen) atoms. The Hall–Kier alpha value is -1.58. The highest BCUT2D eigenvalue weighted by atomic mass is 16.5. The van der Waals surface area contributed by atoms with Crippen molar-refractivity contribution >= 4 is 5.65 Å². The molecule has 0 saturated heterocycles. The molecule has 0 radical (unpaired) electrons. The SMILES string of the molecule is c1ccn2c(OCCC34CC5CC(CC(C5)C3)C4)nnc2c1. The summed E-state index contributed by atoms with van der Waals surface area (Å²) < 4.78 is 7.92. The lowest BCUT2D eigenvalue weighted by atomic mass is 9.49. The van der Waals surface area contributed by atoms with Crippen LogP contribution in [-0.2, 0) is 0 Å². The molecule has 2 heterocycles. The fourth-order valence-electron chi connectivity index (χ4n) is 5.87. The second-order valence-corrected chi connectivity index (χ2v) is 7.93. The van der Waals surface area contributed by atoms with E-state index >= 15 is 0 Å². The smallest absolute Gasteiger partial charge is 0.321 e. The van der Waals surface area contributed by atoms with E-state index in [-0.39, 0.29) is 0 Å². The zero-order chi connectivity index (χ0) is 14.6. The molecule has 0 N–H and O–H groups in total. The molecule has 4 saturated carbocycles. The van der Waals surface area contributed by atoms with Crippen molar-refractivity contribution in [1.82, 2.24) is 14.6 Å². The first kappa shape index (κ1) is 12.9. The number of rotatable bonds is 4. The maximum atomic E-state index is 5.99. The maximum absolute atomic E-state index is 5.99. The zero-order valence-electron chi connectivity index (χ0n) is 12.9. The van der Waals surface area contributed by atoms with Gasteiger partial charge in [0.1, 0.15) is 0 Å². The largest absolute Gasteiger partial charge is 0.463 e. The molecule has 4 fully saturated rings. The molecule has 4 nitrogen and oxygen atoms in total. The van der Waals surface area contributed by atoms with Crippen molar-refractivity contribution in [1.29, 1.82) is 0 Å². The third-order valence-corrected chi connectivity index (χ3v) is 6.31.